The molecule has 0 aliphatic carbocycles. The van der Waals surface area contributed by atoms with Crippen LogP contribution < -0.4 is 4.74 Å². The van der Waals surface area contributed by atoms with Gasteiger partial charge in [-0.25, -0.2) is 4.39 Å². The molecule has 0 unspecified atom stereocenters. The maximum Gasteiger partial charge on any atom is 0.142 e. The van der Waals surface area contributed by atoms with Gasteiger partial charge in [-0.3, -0.25) is 0 Å². The molecular weight excluding hydrogens is 389 g/mol. The summed E-state index contributed by atoms with van der Waals surface area (Å²) < 4.78 is 19.5. The summed E-state index contributed by atoms with van der Waals surface area (Å²) in [5.41, 5.74) is 1.37. The molecule has 6 heteroatoms. The minimum atomic E-state index is -0.342. The predicted molar refractivity (Wildman–Crippen MR) is 84.5 cm³/mol. The predicted octanol–water partition coefficient (Wildman–Crippen LogP) is 6.21. The number of benzene rings is 2. The monoisotopic (exact) mass is 396 g/mol. The molecule has 0 saturated carbocycles. The molecule has 0 radical (unpaired) electrons. The molecule has 2 rings (SSSR count). The van der Waals surface area contributed by atoms with Crippen molar-refractivity contribution < 1.29 is 9.13 Å². The van der Waals surface area contributed by atoms with Crippen molar-refractivity contribution in [2.24, 2.45) is 0 Å². The molecule has 2 aromatic rings. The highest BCUT2D eigenvalue weighted by atomic mass is 79.9. The third kappa shape index (κ3) is 3.59. The van der Waals surface area contributed by atoms with Crippen molar-refractivity contribution in [2.75, 3.05) is 0 Å². The zero-order valence-electron chi connectivity index (χ0n) is 10.1. The number of alkyl halides is 1. The first-order valence-corrected chi connectivity index (χ1v) is 7.71. The molecule has 20 heavy (non-hydrogen) atoms. The van der Waals surface area contributed by atoms with Gasteiger partial charge in [-0.05, 0) is 34.1 Å². The van der Waals surface area contributed by atoms with Gasteiger partial charge in [0.25, 0.3) is 0 Å². The lowest BCUT2D eigenvalue weighted by molar-refractivity contribution is 0.302. The lowest BCUT2D eigenvalue weighted by atomic mass is 10.2. The summed E-state index contributed by atoms with van der Waals surface area (Å²) in [5.74, 6) is 0.341. The Morgan fingerprint density at radius 1 is 1.15 bits per heavy atom. The summed E-state index contributed by atoms with van der Waals surface area (Å²) >= 11 is 21.0. The first-order valence-electron chi connectivity index (χ1n) is 5.62. The van der Waals surface area contributed by atoms with E-state index in [0.29, 0.717) is 31.4 Å². The summed E-state index contributed by atoms with van der Waals surface area (Å²) in [7, 11) is 0. The molecule has 0 fully saturated rings. The van der Waals surface area contributed by atoms with Crippen molar-refractivity contribution in [3.63, 3.8) is 0 Å². The van der Waals surface area contributed by atoms with Gasteiger partial charge in [-0.2, -0.15) is 0 Å². The molecule has 0 aliphatic rings. The highest BCUT2D eigenvalue weighted by Gasteiger charge is 2.12. The Balaban J connectivity index is 2.25. The fraction of sp³-hybridized carbons (Fsp3) is 0.143. The van der Waals surface area contributed by atoms with Crippen molar-refractivity contribution in [3.8, 4) is 5.75 Å². The zero-order chi connectivity index (χ0) is 14.7. The van der Waals surface area contributed by atoms with E-state index in [0.717, 1.165) is 0 Å². The van der Waals surface area contributed by atoms with Gasteiger partial charge in [-0.15, -0.1) is 11.6 Å². The average molecular weight is 398 g/mol. The van der Waals surface area contributed by atoms with Crippen molar-refractivity contribution in [2.45, 2.75) is 12.5 Å². The Bertz CT molecular complexity index is 634. The van der Waals surface area contributed by atoms with Gasteiger partial charge in [0, 0.05) is 16.1 Å². The summed E-state index contributed by atoms with van der Waals surface area (Å²) in [6.07, 6.45) is 0. The van der Waals surface area contributed by atoms with Crippen molar-refractivity contribution in [1.29, 1.82) is 0 Å². The summed E-state index contributed by atoms with van der Waals surface area (Å²) in [6, 6.07) is 8.01. The molecule has 0 saturated heterocycles. The number of ether oxygens (including phenoxy) is 1. The molecule has 0 heterocycles. The standard InChI is InChI=1S/C14H9BrCl3FO/c15-13-8(2-1-3-12(13)19)7-20-14-9(6-16)4-10(17)5-11(14)18/h1-5H,6-7H2. The van der Waals surface area contributed by atoms with Crippen LogP contribution >= 0.6 is 50.7 Å². The molecule has 0 N–H and O–H groups in total. The number of hydrogen-bond donors (Lipinski definition) is 0. The van der Waals surface area contributed by atoms with Crippen LogP contribution in [0.2, 0.25) is 10.0 Å². The number of rotatable bonds is 4. The van der Waals surface area contributed by atoms with Crippen LogP contribution in [0.4, 0.5) is 4.39 Å². The van der Waals surface area contributed by atoms with Crippen molar-refractivity contribution in [3.05, 3.63) is 61.8 Å². The van der Waals surface area contributed by atoms with Crippen LogP contribution in [-0.2, 0) is 12.5 Å². The van der Waals surface area contributed by atoms with Crippen LogP contribution in [0.1, 0.15) is 11.1 Å². The van der Waals surface area contributed by atoms with Gasteiger partial charge in [0.15, 0.2) is 0 Å². The van der Waals surface area contributed by atoms with E-state index < -0.39 is 0 Å². The quantitative estimate of drug-likeness (QED) is 0.556. The third-order valence-electron chi connectivity index (χ3n) is 2.63. The van der Waals surface area contributed by atoms with Crippen molar-refractivity contribution in [1.82, 2.24) is 0 Å². The van der Waals surface area contributed by atoms with Crippen molar-refractivity contribution >= 4 is 50.7 Å². The van der Waals surface area contributed by atoms with Crippen LogP contribution in [0, 0.1) is 5.82 Å². The highest BCUT2D eigenvalue weighted by Crippen LogP contribution is 2.34. The molecule has 2 aromatic carbocycles. The fourth-order valence-corrected chi connectivity index (χ4v) is 2.85. The second kappa shape index (κ2) is 6.99. The summed E-state index contributed by atoms with van der Waals surface area (Å²) in [4.78, 5) is 0. The smallest absolute Gasteiger partial charge is 0.142 e. The molecular formula is C14H9BrCl3FO. The number of halogens is 5. The van der Waals surface area contributed by atoms with E-state index >= 15 is 0 Å². The van der Waals surface area contributed by atoms with Gasteiger partial charge in [0.05, 0.1) is 15.4 Å². The Labute approximate surface area is 139 Å². The molecule has 0 aliphatic heterocycles. The van der Waals surface area contributed by atoms with Gasteiger partial charge in [-0.1, -0.05) is 35.3 Å². The average Bonchev–Trinajstić information content (AvgIpc) is 2.41. The highest BCUT2D eigenvalue weighted by molar-refractivity contribution is 9.10. The Kier molecular flexibility index (Phi) is 5.56. The van der Waals surface area contributed by atoms with E-state index in [1.54, 1.807) is 24.3 Å². The van der Waals surface area contributed by atoms with E-state index in [9.17, 15) is 4.39 Å². The topological polar surface area (TPSA) is 9.23 Å². The molecule has 0 aromatic heterocycles. The largest absolute Gasteiger partial charge is 0.487 e. The zero-order valence-corrected chi connectivity index (χ0v) is 14.0. The summed E-state index contributed by atoms with van der Waals surface area (Å²) in [6.45, 7) is 0.170. The van der Waals surface area contributed by atoms with E-state index in [1.807, 2.05) is 0 Å². The Morgan fingerprint density at radius 3 is 2.60 bits per heavy atom. The van der Waals surface area contributed by atoms with Crippen LogP contribution in [-0.4, -0.2) is 0 Å². The minimum Gasteiger partial charge on any atom is -0.487 e. The molecule has 106 valence electrons. The fourth-order valence-electron chi connectivity index (χ4n) is 1.68. The maximum absolute atomic E-state index is 13.4. The Hall–Kier alpha value is -0.480. The van der Waals surface area contributed by atoms with Gasteiger partial charge < -0.3 is 4.74 Å². The first-order chi connectivity index (χ1) is 9.52. The lowest BCUT2D eigenvalue weighted by Crippen LogP contribution is -2.00. The molecule has 0 atom stereocenters. The van der Waals surface area contributed by atoms with E-state index in [1.165, 1.54) is 6.07 Å². The molecule has 0 amide bonds. The molecule has 0 bridgehead atoms. The number of hydrogen-bond acceptors (Lipinski definition) is 1. The van der Waals surface area contributed by atoms with E-state index in [2.05, 4.69) is 15.9 Å². The van der Waals surface area contributed by atoms with Gasteiger partial charge in [0.2, 0.25) is 0 Å². The minimum absolute atomic E-state index is 0.170. The molecule has 0 spiro atoms. The normalized spacial score (nSPS) is 10.7. The van der Waals surface area contributed by atoms with Crippen LogP contribution in [0.25, 0.3) is 0 Å². The van der Waals surface area contributed by atoms with Crippen LogP contribution in [0.3, 0.4) is 0 Å². The first kappa shape index (κ1) is 15.9. The SMILES string of the molecule is Fc1cccc(COc2c(Cl)cc(Cl)cc2CCl)c1Br. The molecule has 1 nitrogen and oxygen atoms in total. The lowest BCUT2D eigenvalue weighted by Gasteiger charge is -2.13. The van der Waals surface area contributed by atoms with Gasteiger partial charge >= 0.3 is 0 Å². The second-order valence-corrected chi connectivity index (χ2v) is 5.92. The van der Waals surface area contributed by atoms with Crippen LogP contribution in [0.15, 0.2) is 34.8 Å². The second-order valence-electron chi connectivity index (χ2n) is 4.01. The Morgan fingerprint density at radius 2 is 1.90 bits per heavy atom. The van der Waals surface area contributed by atoms with Gasteiger partial charge in [0.1, 0.15) is 18.2 Å². The third-order valence-corrected chi connectivity index (χ3v) is 4.31. The summed E-state index contributed by atoms with van der Waals surface area (Å²) in [5, 5.41) is 0.866. The van der Waals surface area contributed by atoms with E-state index in [4.69, 9.17) is 39.5 Å². The van der Waals surface area contributed by atoms with E-state index in [-0.39, 0.29) is 18.3 Å². The van der Waals surface area contributed by atoms with Crippen LogP contribution in [0.5, 0.6) is 5.75 Å². The maximum atomic E-state index is 13.4.